The average Bonchev–Trinajstić information content (AvgIpc) is 3.25. The predicted molar refractivity (Wildman–Crippen MR) is 93.7 cm³/mol. The summed E-state index contributed by atoms with van der Waals surface area (Å²) in [7, 11) is 0. The van der Waals surface area contributed by atoms with Gasteiger partial charge >= 0.3 is 0 Å². The van der Waals surface area contributed by atoms with Gasteiger partial charge in [0.25, 0.3) is 5.91 Å². The maximum atomic E-state index is 12.1. The Hall–Kier alpha value is -1.34. The zero-order chi connectivity index (χ0) is 16.1. The van der Waals surface area contributed by atoms with Gasteiger partial charge in [0.15, 0.2) is 0 Å². The van der Waals surface area contributed by atoms with Gasteiger partial charge in [-0.2, -0.15) is 0 Å². The molecular formula is C17H25ClN2O4. The highest BCUT2D eigenvalue weighted by molar-refractivity contribution is 5.94. The van der Waals surface area contributed by atoms with E-state index in [1.807, 2.05) is 24.3 Å². The highest BCUT2D eigenvalue weighted by atomic mass is 35.5. The van der Waals surface area contributed by atoms with Gasteiger partial charge in [0.2, 0.25) is 0 Å². The number of hydrogen-bond acceptors (Lipinski definition) is 5. The molecule has 1 amide bonds. The number of anilines is 1. The summed E-state index contributed by atoms with van der Waals surface area (Å²) in [6.45, 7) is 1.86. The Balaban J connectivity index is 0.00000208. The van der Waals surface area contributed by atoms with Gasteiger partial charge in [-0.15, -0.1) is 12.4 Å². The van der Waals surface area contributed by atoms with Crippen molar-refractivity contribution in [2.24, 2.45) is 5.73 Å². The van der Waals surface area contributed by atoms with Crippen LogP contribution in [0, 0.1) is 0 Å². The van der Waals surface area contributed by atoms with Crippen LogP contribution in [0.15, 0.2) is 24.3 Å². The molecule has 0 spiro atoms. The Bertz CT molecular complexity index is 520. The first kappa shape index (κ1) is 19.0. The minimum absolute atomic E-state index is 0. The molecule has 2 fully saturated rings. The highest BCUT2D eigenvalue weighted by Crippen LogP contribution is 2.22. The standard InChI is InChI=1S/C17H24N2O4.ClH/c18-10-14-7-8-16(23-14)17(20)19-12-3-5-13(6-4-12)22-11-15-2-1-9-21-15;/h3-6,14-16H,1-2,7-11,18H2,(H,19,20);1H/t14-,15?,16+;/m1./s1. The smallest absolute Gasteiger partial charge is 0.253 e. The molecule has 0 saturated carbocycles. The zero-order valence-electron chi connectivity index (χ0n) is 13.6. The molecular weight excluding hydrogens is 332 g/mol. The van der Waals surface area contributed by atoms with E-state index in [-0.39, 0.29) is 30.5 Å². The Morgan fingerprint density at radius 1 is 1.21 bits per heavy atom. The van der Waals surface area contributed by atoms with E-state index in [0.29, 0.717) is 13.2 Å². The molecule has 24 heavy (non-hydrogen) atoms. The summed E-state index contributed by atoms with van der Waals surface area (Å²) in [5, 5.41) is 2.87. The maximum Gasteiger partial charge on any atom is 0.253 e. The molecule has 6 nitrogen and oxygen atoms in total. The number of nitrogens with one attached hydrogen (secondary N) is 1. The van der Waals surface area contributed by atoms with E-state index in [2.05, 4.69) is 5.32 Å². The predicted octanol–water partition coefficient (Wildman–Crippen LogP) is 2.11. The Morgan fingerprint density at radius 2 is 2.00 bits per heavy atom. The van der Waals surface area contributed by atoms with Crippen LogP contribution >= 0.6 is 12.4 Å². The van der Waals surface area contributed by atoms with Crippen LogP contribution in [0.2, 0.25) is 0 Å². The summed E-state index contributed by atoms with van der Waals surface area (Å²) in [4.78, 5) is 12.1. The monoisotopic (exact) mass is 356 g/mol. The molecule has 2 saturated heterocycles. The van der Waals surface area contributed by atoms with Crippen LogP contribution in [-0.4, -0.2) is 44.0 Å². The number of hydrogen-bond donors (Lipinski definition) is 2. The fourth-order valence-electron chi connectivity index (χ4n) is 2.89. The van der Waals surface area contributed by atoms with Crippen LogP contribution in [0.3, 0.4) is 0 Å². The number of nitrogens with two attached hydrogens (primary N) is 1. The highest BCUT2D eigenvalue weighted by Gasteiger charge is 2.29. The lowest BCUT2D eigenvalue weighted by Gasteiger charge is -2.14. The molecule has 0 aromatic heterocycles. The van der Waals surface area contributed by atoms with Crippen molar-refractivity contribution >= 4 is 24.0 Å². The zero-order valence-corrected chi connectivity index (χ0v) is 14.4. The molecule has 7 heteroatoms. The van der Waals surface area contributed by atoms with Crippen molar-refractivity contribution in [3.8, 4) is 5.75 Å². The molecule has 1 aromatic rings. The molecule has 2 aliphatic heterocycles. The molecule has 3 N–H and O–H groups in total. The van der Waals surface area contributed by atoms with E-state index in [9.17, 15) is 4.79 Å². The lowest BCUT2D eigenvalue weighted by atomic mass is 10.2. The SMILES string of the molecule is Cl.NC[C@H]1CC[C@@H](C(=O)Nc2ccc(OCC3CCCO3)cc2)O1. The van der Waals surface area contributed by atoms with Gasteiger partial charge < -0.3 is 25.3 Å². The second-order valence-electron chi connectivity index (χ2n) is 6.02. The molecule has 2 heterocycles. The van der Waals surface area contributed by atoms with Crippen LogP contribution < -0.4 is 15.8 Å². The van der Waals surface area contributed by atoms with Crippen molar-refractivity contribution in [2.75, 3.05) is 25.1 Å². The summed E-state index contributed by atoms with van der Waals surface area (Å²) in [5.41, 5.74) is 6.29. The fourth-order valence-corrected chi connectivity index (χ4v) is 2.89. The first-order valence-electron chi connectivity index (χ1n) is 8.25. The summed E-state index contributed by atoms with van der Waals surface area (Å²) < 4.78 is 16.8. The summed E-state index contributed by atoms with van der Waals surface area (Å²) in [5.74, 6) is 0.660. The minimum Gasteiger partial charge on any atom is -0.491 e. The van der Waals surface area contributed by atoms with Crippen molar-refractivity contribution in [3.63, 3.8) is 0 Å². The van der Waals surface area contributed by atoms with Crippen molar-refractivity contribution < 1.29 is 19.0 Å². The molecule has 0 aliphatic carbocycles. The second-order valence-corrected chi connectivity index (χ2v) is 6.02. The van der Waals surface area contributed by atoms with Crippen LogP contribution in [-0.2, 0) is 14.3 Å². The lowest BCUT2D eigenvalue weighted by Crippen LogP contribution is -2.29. The van der Waals surface area contributed by atoms with Gasteiger partial charge in [0, 0.05) is 18.8 Å². The molecule has 3 atom stereocenters. The molecule has 1 unspecified atom stereocenters. The number of carbonyl (C=O) groups excluding carboxylic acids is 1. The Labute approximate surface area is 148 Å². The molecule has 134 valence electrons. The summed E-state index contributed by atoms with van der Waals surface area (Å²) >= 11 is 0. The van der Waals surface area contributed by atoms with Crippen molar-refractivity contribution in [3.05, 3.63) is 24.3 Å². The third-order valence-corrected chi connectivity index (χ3v) is 4.24. The number of carbonyl (C=O) groups is 1. The molecule has 0 radical (unpaired) electrons. The fraction of sp³-hybridized carbons (Fsp3) is 0.588. The number of ether oxygens (including phenoxy) is 3. The van der Waals surface area contributed by atoms with Gasteiger partial charge in [-0.05, 0) is 49.9 Å². The minimum atomic E-state index is -0.404. The van der Waals surface area contributed by atoms with E-state index in [4.69, 9.17) is 19.9 Å². The molecule has 2 aliphatic rings. The third kappa shape index (κ3) is 5.08. The number of amides is 1. The normalized spacial score (nSPS) is 26.0. The third-order valence-electron chi connectivity index (χ3n) is 4.24. The summed E-state index contributed by atoms with van der Waals surface area (Å²) in [6, 6.07) is 7.36. The number of rotatable bonds is 6. The van der Waals surface area contributed by atoms with E-state index < -0.39 is 6.10 Å². The van der Waals surface area contributed by atoms with E-state index in [1.54, 1.807) is 0 Å². The van der Waals surface area contributed by atoms with Crippen molar-refractivity contribution in [1.29, 1.82) is 0 Å². The van der Waals surface area contributed by atoms with Crippen molar-refractivity contribution in [2.45, 2.75) is 44.0 Å². The van der Waals surface area contributed by atoms with Gasteiger partial charge in [0.1, 0.15) is 18.5 Å². The maximum absolute atomic E-state index is 12.1. The van der Waals surface area contributed by atoms with E-state index >= 15 is 0 Å². The van der Waals surface area contributed by atoms with Crippen LogP contribution in [0.1, 0.15) is 25.7 Å². The van der Waals surface area contributed by atoms with Gasteiger partial charge in [-0.3, -0.25) is 4.79 Å². The Kier molecular flexibility index (Phi) is 7.30. The topological polar surface area (TPSA) is 82.8 Å². The van der Waals surface area contributed by atoms with E-state index in [1.165, 1.54) is 0 Å². The van der Waals surface area contributed by atoms with Gasteiger partial charge in [-0.25, -0.2) is 0 Å². The quantitative estimate of drug-likeness (QED) is 0.815. The lowest BCUT2D eigenvalue weighted by molar-refractivity contribution is -0.126. The summed E-state index contributed by atoms with van der Waals surface area (Å²) in [6.07, 6.45) is 3.51. The van der Waals surface area contributed by atoms with E-state index in [0.717, 1.165) is 43.7 Å². The molecule has 0 bridgehead atoms. The second kappa shape index (κ2) is 9.22. The number of halogens is 1. The molecule has 1 aromatic carbocycles. The average molecular weight is 357 g/mol. The molecule has 3 rings (SSSR count). The van der Waals surface area contributed by atoms with Crippen LogP contribution in [0.25, 0.3) is 0 Å². The van der Waals surface area contributed by atoms with Crippen LogP contribution in [0.5, 0.6) is 5.75 Å². The first-order valence-corrected chi connectivity index (χ1v) is 8.25. The van der Waals surface area contributed by atoms with Crippen molar-refractivity contribution in [1.82, 2.24) is 0 Å². The largest absolute Gasteiger partial charge is 0.491 e. The van der Waals surface area contributed by atoms with Crippen LogP contribution in [0.4, 0.5) is 5.69 Å². The first-order chi connectivity index (χ1) is 11.2. The number of benzene rings is 1. The van der Waals surface area contributed by atoms with Gasteiger partial charge in [-0.1, -0.05) is 0 Å². The van der Waals surface area contributed by atoms with Gasteiger partial charge in [0.05, 0.1) is 12.2 Å². The Morgan fingerprint density at radius 3 is 2.62 bits per heavy atom.